The van der Waals surface area contributed by atoms with Gasteiger partial charge in [-0.15, -0.1) is 0 Å². The first-order valence-electron chi connectivity index (χ1n) is 10.7. The molecule has 0 heteroatoms. The molecule has 0 aliphatic heterocycles. The van der Waals surface area contributed by atoms with Crippen molar-refractivity contribution < 1.29 is 0 Å². The first-order valence-corrected chi connectivity index (χ1v) is 10.7. The molecular weight excluding hydrogens is 312 g/mol. The Bertz CT molecular complexity index is 649. The van der Waals surface area contributed by atoms with Gasteiger partial charge in [-0.3, -0.25) is 0 Å². The van der Waals surface area contributed by atoms with Crippen LogP contribution in [0.3, 0.4) is 0 Å². The van der Waals surface area contributed by atoms with Gasteiger partial charge in [-0.1, -0.05) is 97.7 Å². The third-order valence-electron chi connectivity index (χ3n) is 6.18. The minimum absolute atomic E-state index is 0.856. The fourth-order valence-corrected chi connectivity index (χ4v) is 4.49. The number of rotatable bonds is 3. The summed E-state index contributed by atoms with van der Waals surface area (Å²) in [4.78, 5) is 0. The molecule has 0 atom stereocenters. The van der Waals surface area contributed by atoms with Crippen LogP contribution in [0.2, 0.25) is 0 Å². The highest BCUT2D eigenvalue weighted by Crippen LogP contribution is 2.32. The smallest absolute Gasteiger partial charge is 0.0162 e. The molecular formula is C26H36. The fourth-order valence-electron chi connectivity index (χ4n) is 4.49. The van der Waals surface area contributed by atoms with Crippen LogP contribution in [-0.4, -0.2) is 0 Å². The maximum Gasteiger partial charge on any atom is -0.0162 e. The molecule has 2 aliphatic carbocycles. The second-order valence-electron chi connectivity index (χ2n) is 8.74. The van der Waals surface area contributed by atoms with Crippen molar-refractivity contribution in [3.05, 3.63) is 70.3 Å². The molecule has 0 radical (unpaired) electrons. The third-order valence-corrected chi connectivity index (χ3v) is 6.18. The van der Waals surface area contributed by atoms with E-state index in [1.165, 1.54) is 74.5 Å². The molecule has 0 saturated heterocycles. The van der Waals surface area contributed by atoms with E-state index < -0.39 is 0 Å². The third kappa shape index (κ3) is 5.73. The molecule has 0 N–H and O–H groups in total. The molecule has 0 bridgehead atoms. The summed E-state index contributed by atoms with van der Waals surface area (Å²) in [5, 5.41) is 0. The van der Waals surface area contributed by atoms with Crippen molar-refractivity contribution in [2.24, 2.45) is 5.92 Å². The van der Waals surface area contributed by atoms with Crippen LogP contribution in [0.15, 0.2) is 42.5 Å². The van der Waals surface area contributed by atoms with Gasteiger partial charge >= 0.3 is 0 Å². The largest absolute Gasteiger partial charge is 0.0590 e. The lowest BCUT2D eigenvalue weighted by Gasteiger charge is -2.25. The van der Waals surface area contributed by atoms with Crippen molar-refractivity contribution in [2.75, 3.05) is 0 Å². The van der Waals surface area contributed by atoms with Gasteiger partial charge in [-0.05, 0) is 63.0 Å². The van der Waals surface area contributed by atoms with Crippen LogP contribution in [0, 0.1) is 26.7 Å². The second-order valence-corrected chi connectivity index (χ2v) is 8.74. The number of aryl methyl sites for hydroxylation is 3. The monoisotopic (exact) mass is 348 g/mol. The van der Waals surface area contributed by atoms with Gasteiger partial charge < -0.3 is 0 Å². The molecule has 2 aromatic carbocycles. The summed E-state index contributed by atoms with van der Waals surface area (Å²) in [5.74, 6) is 1.84. The van der Waals surface area contributed by atoms with E-state index in [-0.39, 0.29) is 0 Å². The zero-order chi connectivity index (χ0) is 18.4. The first kappa shape index (κ1) is 19.2. The number of benzene rings is 2. The standard InChI is InChI=1S/2C13H18/c1-10-6-11(2)8-13(7-10)9-12-4-3-5-12;1-11-7-9-13(10-8-11)12-5-3-2-4-6-12/h6-8,12H,3-5,9H2,1-2H3;7-10,12H,2-6H2,1H3. The van der Waals surface area contributed by atoms with Crippen molar-refractivity contribution in [3.8, 4) is 0 Å². The topological polar surface area (TPSA) is 0 Å². The van der Waals surface area contributed by atoms with Gasteiger partial charge in [-0.25, -0.2) is 0 Å². The van der Waals surface area contributed by atoms with Crippen molar-refractivity contribution in [1.82, 2.24) is 0 Å². The Balaban J connectivity index is 0.000000151. The fraction of sp³-hybridized carbons (Fsp3) is 0.538. The zero-order valence-corrected chi connectivity index (χ0v) is 17.1. The number of hydrogen-bond donors (Lipinski definition) is 0. The summed E-state index contributed by atoms with van der Waals surface area (Å²) in [6.45, 7) is 6.54. The van der Waals surface area contributed by atoms with Crippen molar-refractivity contribution in [2.45, 2.75) is 84.5 Å². The molecule has 2 saturated carbocycles. The maximum absolute atomic E-state index is 2.34. The Kier molecular flexibility index (Phi) is 6.94. The van der Waals surface area contributed by atoms with Gasteiger partial charge in [0.15, 0.2) is 0 Å². The van der Waals surface area contributed by atoms with E-state index in [4.69, 9.17) is 0 Å². The van der Waals surface area contributed by atoms with Crippen LogP contribution in [-0.2, 0) is 6.42 Å². The summed E-state index contributed by atoms with van der Waals surface area (Å²) in [7, 11) is 0. The maximum atomic E-state index is 2.34. The van der Waals surface area contributed by atoms with Gasteiger partial charge in [0.2, 0.25) is 0 Å². The van der Waals surface area contributed by atoms with Crippen molar-refractivity contribution in [3.63, 3.8) is 0 Å². The molecule has 2 fully saturated rings. The molecule has 0 heterocycles. The Labute approximate surface area is 161 Å². The molecule has 2 aromatic rings. The molecule has 0 unspecified atom stereocenters. The van der Waals surface area contributed by atoms with Gasteiger partial charge in [0.1, 0.15) is 0 Å². The highest BCUT2D eigenvalue weighted by Gasteiger charge is 2.17. The lowest BCUT2D eigenvalue weighted by atomic mass is 9.80. The molecule has 26 heavy (non-hydrogen) atoms. The lowest BCUT2D eigenvalue weighted by molar-refractivity contribution is 0.314. The average Bonchev–Trinajstić information content (AvgIpc) is 2.59. The molecule has 140 valence electrons. The summed E-state index contributed by atoms with van der Waals surface area (Å²) in [6, 6.07) is 16.0. The summed E-state index contributed by atoms with van der Waals surface area (Å²) >= 11 is 0. The Morgan fingerprint density at radius 1 is 0.654 bits per heavy atom. The summed E-state index contributed by atoms with van der Waals surface area (Å²) in [6.07, 6.45) is 12.8. The molecule has 0 aromatic heterocycles. The number of hydrogen-bond acceptors (Lipinski definition) is 0. The molecule has 0 spiro atoms. The van der Waals surface area contributed by atoms with Crippen molar-refractivity contribution >= 4 is 0 Å². The lowest BCUT2D eigenvalue weighted by Crippen LogP contribution is -2.13. The van der Waals surface area contributed by atoms with Gasteiger partial charge in [0, 0.05) is 0 Å². The van der Waals surface area contributed by atoms with E-state index in [0.29, 0.717) is 0 Å². The summed E-state index contributed by atoms with van der Waals surface area (Å²) in [5.41, 5.74) is 7.30. The Morgan fingerprint density at radius 2 is 1.27 bits per heavy atom. The Morgan fingerprint density at radius 3 is 1.81 bits per heavy atom. The van der Waals surface area contributed by atoms with E-state index in [2.05, 4.69) is 63.2 Å². The molecule has 0 nitrogen and oxygen atoms in total. The quantitative estimate of drug-likeness (QED) is 0.533. The van der Waals surface area contributed by atoms with E-state index in [9.17, 15) is 0 Å². The predicted octanol–water partition coefficient (Wildman–Crippen LogP) is 7.69. The summed E-state index contributed by atoms with van der Waals surface area (Å²) < 4.78 is 0. The normalized spacial score (nSPS) is 18.0. The predicted molar refractivity (Wildman–Crippen MR) is 114 cm³/mol. The minimum atomic E-state index is 0.856. The van der Waals surface area contributed by atoms with E-state index in [1.807, 2.05) is 0 Å². The highest BCUT2D eigenvalue weighted by atomic mass is 14.2. The molecule has 2 aliphatic rings. The average molecular weight is 349 g/mol. The second kappa shape index (κ2) is 9.40. The van der Waals surface area contributed by atoms with Gasteiger partial charge in [-0.2, -0.15) is 0 Å². The van der Waals surface area contributed by atoms with Crippen LogP contribution in [0.1, 0.15) is 85.1 Å². The van der Waals surface area contributed by atoms with E-state index >= 15 is 0 Å². The van der Waals surface area contributed by atoms with E-state index in [1.54, 1.807) is 11.1 Å². The van der Waals surface area contributed by atoms with Gasteiger partial charge in [0.05, 0.1) is 0 Å². The van der Waals surface area contributed by atoms with Crippen LogP contribution in [0.4, 0.5) is 0 Å². The van der Waals surface area contributed by atoms with E-state index in [0.717, 1.165) is 11.8 Å². The van der Waals surface area contributed by atoms with Crippen LogP contribution < -0.4 is 0 Å². The van der Waals surface area contributed by atoms with Gasteiger partial charge in [0.25, 0.3) is 0 Å². The van der Waals surface area contributed by atoms with Crippen LogP contribution in [0.25, 0.3) is 0 Å². The van der Waals surface area contributed by atoms with Crippen LogP contribution in [0.5, 0.6) is 0 Å². The highest BCUT2D eigenvalue weighted by molar-refractivity contribution is 5.29. The molecule has 4 rings (SSSR count). The minimum Gasteiger partial charge on any atom is -0.0590 e. The first-order chi connectivity index (χ1) is 12.6. The SMILES string of the molecule is Cc1cc(C)cc(CC2CCC2)c1.Cc1ccc(C2CCCCC2)cc1. The zero-order valence-electron chi connectivity index (χ0n) is 17.1. The van der Waals surface area contributed by atoms with Crippen molar-refractivity contribution in [1.29, 1.82) is 0 Å². The Hall–Kier alpha value is -1.56. The van der Waals surface area contributed by atoms with Crippen LogP contribution >= 0.6 is 0 Å². The molecule has 0 amide bonds.